The van der Waals surface area contributed by atoms with Crippen molar-refractivity contribution in [3.8, 4) is 0 Å². The SMILES string of the molecule is COC(=O)c1cc(C)nc(N2CCN(S(C)(=O)=O)CC2)c1. The van der Waals surface area contributed by atoms with Gasteiger partial charge in [-0.3, -0.25) is 0 Å². The van der Waals surface area contributed by atoms with Gasteiger partial charge < -0.3 is 9.64 Å². The van der Waals surface area contributed by atoms with E-state index in [4.69, 9.17) is 4.74 Å². The molecule has 1 aliphatic heterocycles. The number of aromatic nitrogens is 1. The van der Waals surface area contributed by atoms with Crippen LogP contribution in [0.3, 0.4) is 0 Å². The van der Waals surface area contributed by atoms with Crippen LogP contribution in [0.15, 0.2) is 12.1 Å². The maximum absolute atomic E-state index is 11.6. The summed E-state index contributed by atoms with van der Waals surface area (Å²) in [6.45, 7) is 3.74. The Labute approximate surface area is 124 Å². The summed E-state index contributed by atoms with van der Waals surface area (Å²) < 4.78 is 29.2. The largest absolute Gasteiger partial charge is 0.465 e. The molecule has 0 aromatic carbocycles. The van der Waals surface area contributed by atoms with Crippen molar-refractivity contribution < 1.29 is 17.9 Å². The van der Waals surface area contributed by atoms with E-state index in [1.54, 1.807) is 12.1 Å². The molecule has 2 rings (SSSR count). The molecule has 1 saturated heterocycles. The topological polar surface area (TPSA) is 79.8 Å². The zero-order valence-corrected chi connectivity index (χ0v) is 13.2. The van der Waals surface area contributed by atoms with Crippen LogP contribution in [0.5, 0.6) is 0 Å². The Morgan fingerprint density at radius 3 is 2.38 bits per heavy atom. The number of rotatable bonds is 3. The molecule has 1 aromatic heterocycles. The average molecular weight is 313 g/mol. The number of hydrogen-bond acceptors (Lipinski definition) is 6. The first-order valence-electron chi connectivity index (χ1n) is 6.58. The first-order chi connectivity index (χ1) is 9.81. The highest BCUT2D eigenvalue weighted by Gasteiger charge is 2.24. The number of pyridine rings is 1. The maximum Gasteiger partial charge on any atom is 0.338 e. The lowest BCUT2D eigenvalue weighted by molar-refractivity contribution is 0.0600. The van der Waals surface area contributed by atoms with Gasteiger partial charge in [0.2, 0.25) is 10.0 Å². The van der Waals surface area contributed by atoms with Gasteiger partial charge in [0.1, 0.15) is 5.82 Å². The third-order valence-corrected chi connectivity index (χ3v) is 4.70. The summed E-state index contributed by atoms with van der Waals surface area (Å²) in [5.41, 5.74) is 1.17. The number of carbonyl (C=O) groups excluding carboxylic acids is 1. The second kappa shape index (κ2) is 5.98. The van der Waals surface area contributed by atoms with E-state index in [-0.39, 0.29) is 0 Å². The van der Waals surface area contributed by atoms with Crippen molar-refractivity contribution >= 4 is 21.8 Å². The Morgan fingerprint density at radius 2 is 1.86 bits per heavy atom. The number of nitrogens with zero attached hydrogens (tertiary/aromatic N) is 3. The first kappa shape index (κ1) is 15.7. The molecule has 0 N–H and O–H groups in total. The number of piperazine rings is 1. The standard InChI is InChI=1S/C13H19N3O4S/c1-10-8-11(13(17)20-2)9-12(14-10)15-4-6-16(7-5-15)21(3,18)19/h8-9H,4-7H2,1-3H3. The average Bonchev–Trinajstić information content (AvgIpc) is 2.45. The summed E-state index contributed by atoms with van der Waals surface area (Å²) in [4.78, 5) is 18.0. The Kier molecular flexibility index (Phi) is 4.48. The molecule has 0 saturated carbocycles. The van der Waals surface area contributed by atoms with Gasteiger partial charge in [-0.1, -0.05) is 0 Å². The van der Waals surface area contributed by atoms with Crippen LogP contribution in [0.1, 0.15) is 16.1 Å². The molecule has 2 heterocycles. The first-order valence-corrected chi connectivity index (χ1v) is 8.43. The normalized spacial score (nSPS) is 16.8. The van der Waals surface area contributed by atoms with Crippen LogP contribution >= 0.6 is 0 Å². The Balaban J connectivity index is 2.17. The van der Waals surface area contributed by atoms with E-state index in [1.807, 2.05) is 11.8 Å². The Morgan fingerprint density at radius 1 is 1.24 bits per heavy atom. The Bertz CT molecular complexity index is 637. The lowest BCUT2D eigenvalue weighted by atomic mass is 10.2. The van der Waals surface area contributed by atoms with Gasteiger partial charge in [-0.2, -0.15) is 4.31 Å². The van der Waals surface area contributed by atoms with E-state index >= 15 is 0 Å². The van der Waals surface area contributed by atoms with Crippen LogP contribution < -0.4 is 4.90 Å². The molecule has 0 bridgehead atoms. The summed E-state index contributed by atoms with van der Waals surface area (Å²) in [6.07, 6.45) is 1.21. The number of sulfonamides is 1. The van der Waals surface area contributed by atoms with Crippen LogP contribution in [-0.2, 0) is 14.8 Å². The fraction of sp³-hybridized carbons (Fsp3) is 0.538. The molecule has 1 aliphatic rings. The van der Waals surface area contributed by atoms with E-state index in [0.29, 0.717) is 37.6 Å². The third kappa shape index (κ3) is 3.70. The van der Waals surface area contributed by atoms with Gasteiger partial charge in [-0.25, -0.2) is 18.2 Å². The van der Waals surface area contributed by atoms with Crippen molar-refractivity contribution in [1.29, 1.82) is 0 Å². The highest BCUT2D eigenvalue weighted by Crippen LogP contribution is 2.18. The molecular formula is C13H19N3O4S. The predicted molar refractivity (Wildman–Crippen MR) is 78.9 cm³/mol. The molecule has 0 radical (unpaired) electrons. The molecule has 0 amide bonds. The van der Waals surface area contributed by atoms with E-state index in [1.165, 1.54) is 17.7 Å². The summed E-state index contributed by atoms with van der Waals surface area (Å²) in [5, 5.41) is 0. The summed E-state index contributed by atoms with van der Waals surface area (Å²) in [6, 6.07) is 3.34. The number of carbonyl (C=O) groups is 1. The van der Waals surface area contributed by atoms with Crippen LogP contribution in [0, 0.1) is 6.92 Å². The van der Waals surface area contributed by atoms with Gasteiger partial charge in [-0.15, -0.1) is 0 Å². The second-order valence-electron chi connectivity index (χ2n) is 5.00. The number of ether oxygens (including phenoxy) is 1. The minimum absolute atomic E-state index is 0.406. The van der Waals surface area contributed by atoms with Gasteiger partial charge in [0.25, 0.3) is 0 Å². The fourth-order valence-corrected chi connectivity index (χ4v) is 3.12. The number of anilines is 1. The monoisotopic (exact) mass is 313 g/mol. The number of esters is 1. The predicted octanol–water partition coefficient (Wildman–Crippen LogP) is 0.258. The number of methoxy groups -OCH3 is 1. The zero-order valence-electron chi connectivity index (χ0n) is 12.4. The van der Waals surface area contributed by atoms with Crippen molar-refractivity contribution in [3.63, 3.8) is 0 Å². The molecule has 0 unspecified atom stereocenters. The molecule has 0 spiro atoms. The van der Waals surface area contributed by atoms with Crippen LogP contribution in [0.2, 0.25) is 0 Å². The molecule has 21 heavy (non-hydrogen) atoms. The van der Waals surface area contributed by atoms with E-state index < -0.39 is 16.0 Å². The Hall–Kier alpha value is -1.67. The fourth-order valence-electron chi connectivity index (χ4n) is 2.30. The van der Waals surface area contributed by atoms with Gasteiger partial charge >= 0.3 is 5.97 Å². The molecule has 1 aromatic rings. The maximum atomic E-state index is 11.6. The molecule has 0 atom stereocenters. The van der Waals surface area contributed by atoms with Gasteiger partial charge in [0.05, 0.1) is 18.9 Å². The quantitative estimate of drug-likeness (QED) is 0.745. The van der Waals surface area contributed by atoms with Gasteiger partial charge in [-0.05, 0) is 19.1 Å². The summed E-state index contributed by atoms with van der Waals surface area (Å²) in [5.74, 6) is 0.264. The molecule has 0 aliphatic carbocycles. The smallest absolute Gasteiger partial charge is 0.338 e. The van der Waals surface area contributed by atoms with Gasteiger partial charge in [0, 0.05) is 31.9 Å². The highest BCUT2D eigenvalue weighted by atomic mass is 32.2. The molecule has 1 fully saturated rings. The van der Waals surface area contributed by atoms with Crippen molar-refractivity contribution in [2.75, 3.05) is 44.4 Å². The van der Waals surface area contributed by atoms with Gasteiger partial charge in [0.15, 0.2) is 0 Å². The van der Waals surface area contributed by atoms with Crippen LogP contribution in [0.4, 0.5) is 5.82 Å². The molecule has 7 nitrogen and oxygen atoms in total. The van der Waals surface area contributed by atoms with Crippen molar-refractivity contribution in [1.82, 2.24) is 9.29 Å². The van der Waals surface area contributed by atoms with Crippen molar-refractivity contribution in [2.24, 2.45) is 0 Å². The number of aryl methyl sites for hydroxylation is 1. The molecule has 8 heteroatoms. The van der Waals surface area contributed by atoms with E-state index in [2.05, 4.69) is 4.98 Å². The summed E-state index contributed by atoms with van der Waals surface area (Å²) >= 11 is 0. The van der Waals surface area contributed by atoms with E-state index in [9.17, 15) is 13.2 Å². The van der Waals surface area contributed by atoms with Crippen molar-refractivity contribution in [2.45, 2.75) is 6.92 Å². The minimum atomic E-state index is -3.15. The molecular weight excluding hydrogens is 294 g/mol. The lowest BCUT2D eigenvalue weighted by Gasteiger charge is -2.34. The van der Waals surface area contributed by atoms with Crippen LogP contribution in [-0.4, -0.2) is 63.2 Å². The highest BCUT2D eigenvalue weighted by molar-refractivity contribution is 7.88. The van der Waals surface area contributed by atoms with E-state index in [0.717, 1.165) is 5.69 Å². The zero-order chi connectivity index (χ0) is 15.6. The lowest BCUT2D eigenvalue weighted by Crippen LogP contribution is -2.48. The second-order valence-corrected chi connectivity index (χ2v) is 6.98. The third-order valence-electron chi connectivity index (χ3n) is 3.39. The minimum Gasteiger partial charge on any atom is -0.465 e. The van der Waals surface area contributed by atoms with Crippen molar-refractivity contribution in [3.05, 3.63) is 23.4 Å². The molecule has 116 valence electrons. The summed E-state index contributed by atoms with van der Waals surface area (Å²) in [7, 11) is -1.82. The van der Waals surface area contributed by atoms with Crippen LogP contribution in [0.25, 0.3) is 0 Å². The number of hydrogen-bond donors (Lipinski definition) is 0.